The van der Waals surface area contributed by atoms with E-state index in [9.17, 15) is 0 Å². The predicted octanol–water partition coefficient (Wildman–Crippen LogP) is 3.70. The number of nitrogens with zero attached hydrogens (tertiary/aromatic N) is 1. The van der Waals surface area contributed by atoms with Crippen LogP contribution in [0.1, 0.15) is 24.4 Å². The Hall–Kier alpha value is -2.29. The molecule has 3 rings (SSSR count). The van der Waals surface area contributed by atoms with Crippen molar-refractivity contribution in [2.75, 3.05) is 0 Å². The van der Waals surface area contributed by atoms with Gasteiger partial charge in [0, 0.05) is 11.3 Å². The lowest BCUT2D eigenvalue weighted by Gasteiger charge is -2.20. The Balaban J connectivity index is 1.92. The van der Waals surface area contributed by atoms with Crippen molar-refractivity contribution in [3.63, 3.8) is 0 Å². The fraction of sp³-hybridized carbons (Fsp3) is 0.133. The van der Waals surface area contributed by atoms with Crippen LogP contribution in [0.3, 0.4) is 0 Å². The number of hydrogen-bond acceptors (Lipinski definition) is 3. The maximum absolute atomic E-state index is 5.87. The third-order valence-corrected chi connectivity index (χ3v) is 2.75. The molecule has 1 atom stereocenters. The van der Waals surface area contributed by atoms with Crippen molar-refractivity contribution in [3.8, 4) is 0 Å². The molecule has 0 saturated heterocycles. The standard InChI is InChI=1S/C15H13NO2/c1-11-10-14(13-8-5-9-17-13)18-15(16-11)12-6-3-2-4-7-12/h2-10,14H,1H3. The Morgan fingerprint density at radius 1 is 1.06 bits per heavy atom. The lowest BCUT2D eigenvalue weighted by molar-refractivity contribution is 0.204. The van der Waals surface area contributed by atoms with Crippen molar-refractivity contribution in [2.24, 2.45) is 4.99 Å². The zero-order chi connectivity index (χ0) is 12.4. The molecule has 0 radical (unpaired) electrons. The van der Waals surface area contributed by atoms with Gasteiger partial charge in [0.25, 0.3) is 0 Å². The molecule has 0 bridgehead atoms. The minimum absolute atomic E-state index is 0.201. The van der Waals surface area contributed by atoms with Crippen molar-refractivity contribution in [1.82, 2.24) is 0 Å². The molecule has 90 valence electrons. The smallest absolute Gasteiger partial charge is 0.221 e. The van der Waals surface area contributed by atoms with Gasteiger partial charge in [-0.25, -0.2) is 4.99 Å². The number of ether oxygens (including phenoxy) is 1. The van der Waals surface area contributed by atoms with Crippen LogP contribution in [0.15, 0.2) is 69.9 Å². The van der Waals surface area contributed by atoms with Gasteiger partial charge in [-0.1, -0.05) is 18.2 Å². The molecule has 3 heteroatoms. The Bertz CT molecular complexity index is 582. The van der Waals surface area contributed by atoms with Gasteiger partial charge in [-0.15, -0.1) is 0 Å². The lowest BCUT2D eigenvalue weighted by Crippen LogP contribution is -2.15. The molecule has 0 aliphatic carbocycles. The number of allylic oxidation sites excluding steroid dienone is 1. The van der Waals surface area contributed by atoms with Gasteiger partial charge in [-0.3, -0.25) is 0 Å². The molecule has 0 N–H and O–H groups in total. The molecular formula is C15H13NO2. The van der Waals surface area contributed by atoms with E-state index in [2.05, 4.69) is 4.99 Å². The second-order valence-corrected chi connectivity index (χ2v) is 4.14. The topological polar surface area (TPSA) is 34.7 Å². The quantitative estimate of drug-likeness (QED) is 0.800. The van der Waals surface area contributed by atoms with Crippen LogP contribution in [0.2, 0.25) is 0 Å². The SMILES string of the molecule is CC1=CC(c2ccco2)OC(c2ccccc2)=N1. The van der Waals surface area contributed by atoms with E-state index in [0.29, 0.717) is 5.90 Å². The van der Waals surface area contributed by atoms with Crippen molar-refractivity contribution in [3.05, 3.63) is 71.8 Å². The molecule has 0 saturated carbocycles. The average molecular weight is 239 g/mol. The normalized spacial score (nSPS) is 18.8. The van der Waals surface area contributed by atoms with Crippen molar-refractivity contribution < 1.29 is 9.15 Å². The Morgan fingerprint density at radius 2 is 1.89 bits per heavy atom. The van der Waals surface area contributed by atoms with Crippen LogP contribution in [0, 0.1) is 0 Å². The summed E-state index contributed by atoms with van der Waals surface area (Å²) >= 11 is 0. The van der Waals surface area contributed by atoms with E-state index in [1.165, 1.54) is 0 Å². The van der Waals surface area contributed by atoms with Crippen molar-refractivity contribution in [2.45, 2.75) is 13.0 Å². The first-order chi connectivity index (χ1) is 8.83. The molecule has 2 aromatic rings. The van der Waals surface area contributed by atoms with Crippen LogP contribution in [-0.4, -0.2) is 5.90 Å². The molecule has 1 aliphatic heterocycles. The van der Waals surface area contributed by atoms with Gasteiger partial charge in [-0.05, 0) is 37.3 Å². The van der Waals surface area contributed by atoms with Gasteiger partial charge in [0.05, 0.1) is 6.26 Å². The molecule has 0 fully saturated rings. The van der Waals surface area contributed by atoms with Gasteiger partial charge in [0.15, 0.2) is 6.10 Å². The summed E-state index contributed by atoms with van der Waals surface area (Å²) in [7, 11) is 0. The summed E-state index contributed by atoms with van der Waals surface area (Å²) in [6.07, 6.45) is 3.40. The fourth-order valence-corrected chi connectivity index (χ4v) is 1.90. The van der Waals surface area contributed by atoms with Crippen LogP contribution in [-0.2, 0) is 4.74 Å². The highest BCUT2D eigenvalue weighted by Crippen LogP contribution is 2.27. The summed E-state index contributed by atoms with van der Waals surface area (Å²) in [4.78, 5) is 4.43. The van der Waals surface area contributed by atoms with Crippen LogP contribution < -0.4 is 0 Å². The molecule has 1 unspecified atom stereocenters. The Labute approximate surface area is 105 Å². The largest absolute Gasteiger partial charge is 0.465 e. The molecule has 3 nitrogen and oxygen atoms in total. The minimum atomic E-state index is -0.201. The number of rotatable bonds is 2. The van der Waals surface area contributed by atoms with E-state index in [1.807, 2.05) is 55.5 Å². The Kier molecular flexibility index (Phi) is 2.73. The van der Waals surface area contributed by atoms with Gasteiger partial charge < -0.3 is 9.15 Å². The van der Waals surface area contributed by atoms with Gasteiger partial charge in [-0.2, -0.15) is 0 Å². The second kappa shape index (κ2) is 4.53. The minimum Gasteiger partial charge on any atom is -0.465 e. The van der Waals surface area contributed by atoms with Gasteiger partial charge >= 0.3 is 0 Å². The van der Waals surface area contributed by atoms with E-state index >= 15 is 0 Å². The number of hydrogen-bond donors (Lipinski definition) is 0. The monoisotopic (exact) mass is 239 g/mol. The van der Waals surface area contributed by atoms with E-state index in [-0.39, 0.29) is 6.10 Å². The van der Waals surface area contributed by atoms with E-state index in [4.69, 9.17) is 9.15 Å². The third kappa shape index (κ3) is 2.07. The zero-order valence-electron chi connectivity index (χ0n) is 10.0. The molecule has 1 aromatic carbocycles. The van der Waals surface area contributed by atoms with E-state index < -0.39 is 0 Å². The number of furan rings is 1. The summed E-state index contributed by atoms with van der Waals surface area (Å²) in [5.74, 6) is 1.43. The summed E-state index contributed by atoms with van der Waals surface area (Å²) in [6.45, 7) is 1.96. The highest BCUT2D eigenvalue weighted by Gasteiger charge is 2.20. The number of benzene rings is 1. The molecular weight excluding hydrogens is 226 g/mol. The maximum atomic E-state index is 5.87. The average Bonchev–Trinajstić information content (AvgIpc) is 2.93. The first-order valence-corrected chi connectivity index (χ1v) is 5.85. The summed E-state index contributed by atoms with van der Waals surface area (Å²) < 4.78 is 11.2. The highest BCUT2D eigenvalue weighted by molar-refractivity contribution is 5.95. The summed E-state index contributed by atoms with van der Waals surface area (Å²) in [5, 5.41) is 0. The van der Waals surface area contributed by atoms with Crippen molar-refractivity contribution >= 4 is 5.90 Å². The summed E-state index contributed by atoms with van der Waals surface area (Å²) in [6, 6.07) is 13.6. The Morgan fingerprint density at radius 3 is 2.61 bits per heavy atom. The highest BCUT2D eigenvalue weighted by atomic mass is 16.5. The second-order valence-electron chi connectivity index (χ2n) is 4.14. The molecule has 0 amide bonds. The molecule has 1 aromatic heterocycles. The maximum Gasteiger partial charge on any atom is 0.221 e. The van der Waals surface area contributed by atoms with Crippen LogP contribution in [0.5, 0.6) is 0 Å². The van der Waals surface area contributed by atoms with Crippen LogP contribution >= 0.6 is 0 Å². The third-order valence-electron chi connectivity index (χ3n) is 2.75. The van der Waals surface area contributed by atoms with E-state index in [0.717, 1.165) is 17.0 Å². The summed E-state index contributed by atoms with van der Waals surface area (Å²) in [5.41, 5.74) is 1.91. The molecule has 0 spiro atoms. The molecule has 1 aliphatic rings. The number of aliphatic imine (C=N–C) groups is 1. The first kappa shape index (κ1) is 10.8. The molecule has 18 heavy (non-hydrogen) atoms. The van der Waals surface area contributed by atoms with Crippen LogP contribution in [0.4, 0.5) is 0 Å². The molecule has 2 heterocycles. The van der Waals surface area contributed by atoms with Gasteiger partial charge in [0.1, 0.15) is 5.76 Å². The zero-order valence-corrected chi connectivity index (χ0v) is 10.0. The van der Waals surface area contributed by atoms with Gasteiger partial charge in [0.2, 0.25) is 5.90 Å². The first-order valence-electron chi connectivity index (χ1n) is 5.85. The van der Waals surface area contributed by atoms with Crippen molar-refractivity contribution in [1.29, 1.82) is 0 Å². The van der Waals surface area contributed by atoms with Crippen LogP contribution in [0.25, 0.3) is 0 Å². The van der Waals surface area contributed by atoms with E-state index in [1.54, 1.807) is 6.26 Å². The lowest BCUT2D eigenvalue weighted by atomic mass is 10.1. The predicted molar refractivity (Wildman–Crippen MR) is 69.3 cm³/mol. The fourth-order valence-electron chi connectivity index (χ4n) is 1.90.